The lowest BCUT2D eigenvalue weighted by Gasteiger charge is -2.03. The van der Waals surface area contributed by atoms with Gasteiger partial charge in [-0.05, 0) is 13.0 Å². The third-order valence-electron chi connectivity index (χ3n) is 3.41. The van der Waals surface area contributed by atoms with Crippen LogP contribution in [0.25, 0.3) is 28.2 Å². The zero-order chi connectivity index (χ0) is 16.5. The van der Waals surface area contributed by atoms with E-state index >= 15 is 0 Å². The van der Waals surface area contributed by atoms with E-state index in [1.165, 1.54) is 6.07 Å². The smallest absolute Gasteiger partial charge is 0.360 e. The Bertz CT molecular complexity index is 1000. The molecule has 0 spiro atoms. The van der Waals surface area contributed by atoms with Crippen LogP contribution < -0.4 is 0 Å². The van der Waals surface area contributed by atoms with E-state index in [0.717, 1.165) is 11.1 Å². The van der Waals surface area contributed by atoms with Gasteiger partial charge in [0, 0.05) is 17.8 Å². The summed E-state index contributed by atoms with van der Waals surface area (Å²) in [7, 11) is 0. The molecule has 0 saturated heterocycles. The number of H-pyrrole nitrogens is 1. The number of rotatable bonds is 4. The fraction of sp³-hybridized carbons (Fsp3) is 0.133. The maximum Gasteiger partial charge on any atom is 0.360 e. The molecule has 0 atom stereocenters. The number of nitrogens with one attached hydrogen (secondary N) is 1. The SMILES string of the molecule is CCOC(=O)c1cc(-c2cn3nccc3c(-c3cn[nH]c3)n2)on1. The highest BCUT2D eigenvalue weighted by molar-refractivity contribution is 5.88. The van der Waals surface area contributed by atoms with Crippen molar-refractivity contribution in [2.75, 3.05) is 6.61 Å². The first-order chi connectivity index (χ1) is 11.8. The van der Waals surface area contributed by atoms with Crippen LogP contribution >= 0.6 is 0 Å². The van der Waals surface area contributed by atoms with Crippen molar-refractivity contribution in [3.8, 4) is 22.7 Å². The minimum atomic E-state index is -0.539. The number of nitrogens with zero attached hydrogens (tertiary/aromatic N) is 5. The zero-order valence-corrected chi connectivity index (χ0v) is 12.6. The molecule has 4 heterocycles. The first kappa shape index (κ1) is 14.1. The number of hydrogen-bond donors (Lipinski definition) is 1. The van der Waals surface area contributed by atoms with Gasteiger partial charge in [0.1, 0.15) is 11.4 Å². The molecular formula is C15H12N6O3. The lowest BCUT2D eigenvalue weighted by atomic mass is 10.2. The van der Waals surface area contributed by atoms with Crippen LogP contribution in [0.15, 0.2) is 41.4 Å². The number of esters is 1. The molecule has 9 nitrogen and oxygen atoms in total. The quantitative estimate of drug-likeness (QED) is 0.571. The number of ether oxygens (including phenoxy) is 1. The Morgan fingerprint density at radius 2 is 2.38 bits per heavy atom. The van der Waals surface area contributed by atoms with Gasteiger partial charge in [0.2, 0.25) is 0 Å². The van der Waals surface area contributed by atoms with E-state index in [0.29, 0.717) is 17.1 Å². The summed E-state index contributed by atoms with van der Waals surface area (Å²) in [5.41, 5.74) is 2.91. The molecule has 0 aromatic carbocycles. The van der Waals surface area contributed by atoms with Crippen LogP contribution in [-0.4, -0.2) is 42.5 Å². The van der Waals surface area contributed by atoms with Crippen molar-refractivity contribution >= 4 is 11.5 Å². The number of carbonyl (C=O) groups is 1. The number of hydrogen-bond acceptors (Lipinski definition) is 7. The van der Waals surface area contributed by atoms with Gasteiger partial charge in [-0.3, -0.25) is 5.10 Å². The molecule has 0 amide bonds. The highest BCUT2D eigenvalue weighted by atomic mass is 16.5. The maximum atomic E-state index is 11.7. The van der Waals surface area contributed by atoms with Gasteiger partial charge in [0.15, 0.2) is 11.5 Å². The van der Waals surface area contributed by atoms with Crippen LogP contribution in [0.1, 0.15) is 17.4 Å². The normalized spacial score (nSPS) is 11.0. The molecule has 24 heavy (non-hydrogen) atoms. The Morgan fingerprint density at radius 3 is 3.17 bits per heavy atom. The zero-order valence-electron chi connectivity index (χ0n) is 12.6. The number of aromatic amines is 1. The molecule has 4 aromatic rings. The Hall–Kier alpha value is -3.49. The average Bonchev–Trinajstić information content (AvgIpc) is 3.33. The Kier molecular flexibility index (Phi) is 3.30. The number of carbonyl (C=O) groups excluding carboxylic acids is 1. The predicted octanol–water partition coefficient (Wildman–Crippen LogP) is 1.95. The van der Waals surface area contributed by atoms with E-state index in [1.54, 1.807) is 36.2 Å². The Labute approximate surface area is 135 Å². The summed E-state index contributed by atoms with van der Waals surface area (Å²) in [6, 6.07) is 3.35. The molecule has 9 heteroatoms. The minimum Gasteiger partial charge on any atom is -0.461 e. The van der Waals surface area contributed by atoms with E-state index in [9.17, 15) is 4.79 Å². The van der Waals surface area contributed by atoms with Gasteiger partial charge in [0.25, 0.3) is 0 Å². The van der Waals surface area contributed by atoms with Crippen molar-refractivity contribution in [1.29, 1.82) is 0 Å². The standard InChI is InChI=1S/C15H12N6O3/c1-2-23-15(22)10-5-13(24-20-10)11-8-21-12(3-4-18-21)14(19-11)9-6-16-17-7-9/h3-8H,2H2,1H3,(H,16,17). The lowest BCUT2D eigenvalue weighted by Crippen LogP contribution is -2.04. The summed E-state index contributed by atoms with van der Waals surface area (Å²) in [6.07, 6.45) is 6.79. The number of aromatic nitrogens is 6. The van der Waals surface area contributed by atoms with Crippen molar-refractivity contribution in [3.05, 3.63) is 42.6 Å². The van der Waals surface area contributed by atoms with E-state index in [2.05, 4.69) is 25.4 Å². The Morgan fingerprint density at radius 1 is 1.46 bits per heavy atom. The molecule has 4 rings (SSSR count). The third-order valence-corrected chi connectivity index (χ3v) is 3.41. The summed E-state index contributed by atoms with van der Waals surface area (Å²) < 4.78 is 11.8. The molecule has 0 aliphatic carbocycles. The fourth-order valence-electron chi connectivity index (χ4n) is 2.34. The van der Waals surface area contributed by atoms with Crippen molar-refractivity contribution in [2.45, 2.75) is 6.92 Å². The molecule has 1 N–H and O–H groups in total. The van der Waals surface area contributed by atoms with Crippen LogP contribution in [0.4, 0.5) is 0 Å². The second kappa shape index (κ2) is 5.61. The second-order valence-electron chi connectivity index (χ2n) is 4.92. The van der Waals surface area contributed by atoms with Gasteiger partial charge >= 0.3 is 5.97 Å². The van der Waals surface area contributed by atoms with Crippen molar-refractivity contribution in [2.24, 2.45) is 0 Å². The average molecular weight is 324 g/mol. The molecular weight excluding hydrogens is 312 g/mol. The topological polar surface area (TPSA) is 111 Å². The lowest BCUT2D eigenvalue weighted by molar-refractivity contribution is 0.0514. The molecule has 0 radical (unpaired) electrons. The minimum absolute atomic E-state index is 0.0964. The van der Waals surface area contributed by atoms with Gasteiger partial charge in [-0.1, -0.05) is 5.16 Å². The van der Waals surface area contributed by atoms with Crippen molar-refractivity contribution < 1.29 is 14.1 Å². The molecule has 0 fully saturated rings. The van der Waals surface area contributed by atoms with E-state index < -0.39 is 5.97 Å². The van der Waals surface area contributed by atoms with Gasteiger partial charge in [-0.15, -0.1) is 0 Å². The monoisotopic (exact) mass is 324 g/mol. The molecule has 0 bridgehead atoms. The summed E-state index contributed by atoms with van der Waals surface area (Å²) in [4.78, 5) is 16.3. The van der Waals surface area contributed by atoms with Crippen molar-refractivity contribution in [3.63, 3.8) is 0 Å². The van der Waals surface area contributed by atoms with Gasteiger partial charge < -0.3 is 9.26 Å². The molecule has 0 unspecified atom stereocenters. The predicted molar refractivity (Wildman–Crippen MR) is 82.0 cm³/mol. The van der Waals surface area contributed by atoms with Crippen LogP contribution in [0.2, 0.25) is 0 Å². The summed E-state index contributed by atoms with van der Waals surface area (Å²) >= 11 is 0. The van der Waals surface area contributed by atoms with E-state index in [4.69, 9.17) is 9.26 Å². The van der Waals surface area contributed by atoms with E-state index in [-0.39, 0.29) is 12.3 Å². The third kappa shape index (κ3) is 2.32. The summed E-state index contributed by atoms with van der Waals surface area (Å²) in [5.74, 6) is -0.192. The molecule has 0 aliphatic rings. The molecule has 0 aliphatic heterocycles. The largest absolute Gasteiger partial charge is 0.461 e. The van der Waals surface area contributed by atoms with Gasteiger partial charge in [0.05, 0.1) is 30.7 Å². The fourth-order valence-corrected chi connectivity index (χ4v) is 2.34. The summed E-state index contributed by atoms with van der Waals surface area (Å²) in [6.45, 7) is 1.99. The highest BCUT2D eigenvalue weighted by Gasteiger charge is 2.18. The molecule has 4 aromatic heterocycles. The van der Waals surface area contributed by atoms with Crippen LogP contribution in [-0.2, 0) is 4.74 Å². The second-order valence-corrected chi connectivity index (χ2v) is 4.92. The van der Waals surface area contributed by atoms with E-state index in [1.807, 2.05) is 6.07 Å². The van der Waals surface area contributed by atoms with Crippen LogP contribution in [0, 0.1) is 0 Å². The molecule has 0 saturated carbocycles. The maximum absolute atomic E-state index is 11.7. The van der Waals surface area contributed by atoms with Gasteiger partial charge in [-0.2, -0.15) is 10.2 Å². The Balaban J connectivity index is 1.82. The van der Waals surface area contributed by atoms with Crippen LogP contribution in [0.3, 0.4) is 0 Å². The van der Waals surface area contributed by atoms with Gasteiger partial charge in [-0.25, -0.2) is 14.3 Å². The van der Waals surface area contributed by atoms with Crippen LogP contribution in [0.5, 0.6) is 0 Å². The first-order valence-electron chi connectivity index (χ1n) is 7.24. The number of fused-ring (bicyclic) bond motifs is 1. The molecule has 120 valence electrons. The highest BCUT2D eigenvalue weighted by Crippen LogP contribution is 2.26. The first-order valence-corrected chi connectivity index (χ1v) is 7.24. The summed E-state index contributed by atoms with van der Waals surface area (Å²) in [5, 5.41) is 14.7. The van der Waals surface area contributed by atoms with Crippen molar-refractivity contribution in [1.82, 2.24) is 30.0 Å².